The van der Waals surface area contributed by atoms with Crippen LogP contribution in [0.1, 0.15) is 6.42 Å². The lowest BCUT2D eigenvalue weighted by atomic mass is 10.2. The molecule has 1 rings (SSSR count). The second kappa shape index (κ2) is 2.24. The van der Waals surface area contributed by atoms with Crippen LogP contribution >= 0.6 is 0 Å². The van der Waals surface area contributed by atoms with Crippen LogP contribution in [0.15, 0.2) is 0 Å². The highest BCUT2D eigenvalue weighted by molar-refractivity contribution is 5.89. The van der Waals surface area contributed by atoms with Crippen molar-refractivity contribution >= 4 is 11.9 Å². The minimum Gasteiger partial charge on any atom is -0.548 e. The lowest BCUT2D eigenvalue weighted by molar-refractivity contribution is -0.308. The number of alkyl halides is 1. The molecule has 0 aromatic carbocycles. The number of carbonyl (C=O) groups is 2. The molecule has 0 radical (unpaired) electrons. The molecule has 1 aliphatic heterocycles. The van der Waals surface area contributed by atoms with E-state index in [1.807, 2.05) is 5.32 Å². The summed E-state index contributed by atoms with van der Waals surface area (Å²) < 4.78 is 12.2. The molecule has 1 saturated heterocycles. The van der Waals surface area contributed by atoms with E-state index in [0.717, 1.165) is 0 Å². The van der Waals surface area contributed by atoms with E-state index in [0.29, 0.717) is 0 Å². The Morgan fingerprint density at radius 1 is 1.80 bits per heavy atom. The molecule has 0 aliphatic carbocycles. The van der Waals surface area contributed by atoms with E-state index >= 15 is 0 Å². The first-order chi connectivity index (χ1) is 4.61. The molecule has 0 bridgehead atoms. The Kier molecular flexibility index (Phi) is 1.57. The third-order valence-electron chi connectivity index (χ3n) is 1.33. The number of nitrogens with one attached hydrogen (secondary N) is 1. The van der Waals surface area contributed by atoms with Crippen LogP contribution < -0.4 is 10.4 Å². The summed E-state index contributed by atoms with van der Waals surface area (Å²) in [5, 5.41) is 11.9. The van der Waals surface area contributed by atoms with Crippen molar-refractivity contribution in [1.82, 2.24) is 5.32 Å². The minimum absolute atomic E-state index is 0.318. The van der Waals surface area contributed by atoms with Crippen LogP contribution in [-0.4, -0.2) is 24.1 Å². The van der Waals surface area contributed by atoms with Crippen molar-refractivity contribution in [3.05, 3.63) is 0 Å². The summed E-state index contributed by atoms with van der Waals surface area (Å²) in [6.45, 7) is 0. The van der Waals surface area contributed by atoms with Gasteiger partial charge in [0, 0.05) is 6.42 Å². The van der Waals surface area contributed by atoms with Crippen molar-refractivity contribution in [3.8, 4) is 0 Å². The number of rotatable bonds is 1. The second-order valence-corrected chi connectivity index (χ2v) is 2.08. The monoisotopic (exact) mass is 146 g/mol. The minimum atomic E-state index is -1.69. The average Bonchev–Trinajstić information content (AvgIpc) is 2.13. The maximum atomic E-state index is 12.2. The largest absolute Gasteiger partial charge is 0.548 e. The lowest BCUT2D eigenvalue weighted by Crippen LogP contribution is -2.42. The van der Waals surface area contributed by atoms with Gasteiger partial charge in [-0.1, -0.05) is 0 Å². The molecule has 1 amide bonds. The van der Waals surface area contributed by atoms with Gasteiger partial charge in [0.1, 0.15) is 0 Å². The van der Waals surface area contributed by atoms with Crippen LogP contribution in [0.2, 0.25) is 0 Å². The van der Waals surface area contributed by atoms with Gasteiger partial charge < -0.3 is 15.2 Å². The molecule has 4 nitrogen and oxygen atoms in total. The van der Waals surface area contributed by atoms with Gasteiger partial charge in [-0.2, -0.15) is 0 Å². The molecule has 1 fully saturated rings. The average molecular weight is 146 g/mol. The molecule has 10 heavy (non-hydrogen) atoms. The number of hydrogen-bond donors (Lipinski definition) is 1. The van der Waals surface area contributed by atoms with Gasteiger partial charge in [0.2, 0.25) is 0 Å². The second-order valence-electron chi connectivity index (χ2n) is 2.08. The number of carboxylic acid groups (broad SMARTS) is 1. The fourth-order valence-electron chi connectivity index (χ4n) is 0.790. The van der Waals surface area contributed by atoms with Crippen molar-refractivity contribution in [2.24, 2.45) is 0 Å². The Labute approximate surface area is 56.0 Å². The van der Waals surface area contributed by atoms with Crippen molar-refractivity contribution in [2.75, 3.05) is 0 Å². The Balaban J connectivity index is 2.57. The van der Waals surface area contributed by atoms with E-state index < -0.39 is 24.1 Å². The first-order valence-corrected chi connectivity index (χ1v) is 2.76. The molecule has 56 valence electrons. The van der Waals surface area contributed by atoms with Crippen LogP contribution in [0.4, 0.5) is 4.39 Å². The van der Waals surface area contributed by atoms with Crippen molar-refractivity contribution in [1.29, 1.82) is 0 Å². The number of amides is 1. The Morgan fingerprint density at radius 2 is 2.40 bits per heavy atom. The van der Waals surface area contributed by atoms with Gasteiger partial charge in [-0.3, -0.25) is 4.79 Å². The molecular weight excluding hydrogens is 141 g/mol. The molecule has 1 aliphatic rings. The van der Waals surface area contributed by atoms with E-state index in [2.05, 4.69) is 0 Å². The smallest absolute Gasteiger partial charge is 0.255 e. The Bertz CT molecular complexity index is 182. The summed E-state index contributed by atoms with van der Waals surface area (Å²) in [5.74, 6) is -2.30. The predicted octanol–water partition coefficient (Wildman–Crippen LogP) is -2.04. The van der Waals surface area contributed by atoms with Crippen LogP contribution in [0.5, 0.6) is 0 Å². The van der Waals surface area contributed by atoms with Crippen LogP contribution in [0, 0.1) is 0 Å². The third kappa shape index (κ3) is 1.07. The number of aliphatic carboxylic acids is 1. The third-order valence-corrected chi connectivity index (χ3v) is 1.33. The summed E-state index contributed by atoms with van der Waals surface area (Å²) in [7, 11) is 0. The number of halogens is 1. The maximum Gasteiger partial charge on any atom is 0.255 e. The molecule has 0 saturated carbocycles. The Hall–Kier alpha value is -1.13. The molecule has 0 aromatic rings. The highest BCUT2D eigenvalue weighted by atomic mass is 19.1. The summed E-state index contributed by atoms with van der Waals surface area (Å²) >= 11 is 0. The fourth-order valence-corrected chi connectivity index (χ4v) is 0.790. The summed E-state index contributed by atoms with van der Waals surface area (Å²) in [4.78, 5) is 20.3. The maximum absolute atomic E-state index is 12.2. The van der Waals surface area contributed by atoms with Crippen molar-refractivity contribution < 1.29 is 19.1 Å². The van der Waals surface area contributed by atoms with Crippen LogP contribution in [0.3, 0.4) is 0 Å². The molecular formula is C5H5FNO3-. The molecule has 0 unspecified atom stereocenters. The molecule has 2 atom stereocenters. The van der Waals surface area contributed by atoms with Crippen LogP contribution in [0.25, 0.3) is 0 Å². The standard InChI is InChI=1S/C5H6FNO3/c6-2-1-3(5(9)10)7-4(2)8/h2-3H,1H2,(H,7,8)(H,9,10)/p-1/t2-,3+/m1/s1. The van der Waals surface area contributed by atoms with Crippen molar-refractivity contribution in [2.45, 2.75) is 18.6 Å². The summed E-state index contributed by atoms with van der Waals surface area (Å²) in [6.07, 6.45) is -2.01. The molecule has 0 aromatic heterocycles. The topological polar surface area (TPSA) is 69.2 Å². The van der Waals surface area contributed by atoms with E-state index in [-0.39, 0.29) is 6.42 Å². The van der Waals surface area contributed by atoms with Gasteiger partial charge in [0.15, 0.2) is 6.17 Å². The van der Waals surface area contributed by atoms with Crippen LogP contribution in [-0.2, 0) is 9.59 Å². The molecule has 1 heterocycles. The first kappa shape index (κ1) is 6.98. The number of carbonyl (C=O) groups excluding carboxylic acids is 2. The van der Waals surface area contributed by atoms with E-state index in [4.69, 9.17) is 0 Å². The summed E-state index contributed by atoms with van der Waals surface area (Å²) in [5.41, 5.74) is 0. The number of carboxylic acids is 1. The predicted molar refractivity (Wildman–Crippen MR) is 26.5 cm³/mol. The first-order valence-electron chi connectivity index (χ1n) is 2.76. The highest BCUT2D eigenvalue weighted by Crippen LogP contribution is 2.10. The fraction of sp³-hybridized carbons (Fsp3) is 0.600. The SMILES string of the molecule is O=C1N[C@H](C(=O)[O-])C[C@H]1F. The number of hydrogen-bond acceptors (Lipinski definition) is 3. The zero-order valence-electron chi connectivity index (χ0n) is 4.96. The van der Waals surface area contributed by atoms with Gasteiger partial charge in [0.25, 0.3) is 5.91 Å². The van der Waals surface area contributed by atoms with Crippen molar-refractivity contribution in [3.63, 3.8) is 0 Å². The molecule has 1 N–H and O–H groups in total. The van der Waals surface area contributed by atoms with Gasteiger partial charge in [-0.05, 0) is 0 Å². The quantitative estimate of drug-likeness (QED) is 0.463. The molecule has 0 spiro atoms. The van der Waals surface area contributed by atoms with E-state index in [1.54, 1.807) is 0 Å². The highest BCUT2D eigenvalue weighted by Gasteiger charge is 2.32. The van der Waals surface area contributed by atoms with Gasteiger partial charge in [-0.15, -0.1) is 0 Å². The van der Waals surface area contributed by atoms with E-state index in [9.17, 15) is 19.1 Å². The normalized spacial score (nSPS) is 31.9. The summed E-state index contributed by atoms with van der Waals surface area (Å²) in [6, 6.07) is -1.15. The molecule has 5 heteroatoms. The zero-order chi connectivity index (χ0) is 7.72. The van der Waals surface area contributed by atoms with E-state index in [1.165, 1.54) is 0 Å². The van der Waals surface area contributed by atoms with Gasteiger partial charge in [0.05, 0.1) is 12.0 Å². The van der Waals surface area contributed by atoms with Gasteiger partial charge >= 0.3 is 0 Å². The lowest BCUT2D eigenvalue weighted by Gasteiger charge is -2.08. The van der Waals surface area contributed by atoms with Gasteiger partial charge in [-0.25, -0.2) is 4.39 Å². The zero-order valence-corrected chi connectivity index (χ0v) is 4.96. The Morgan fingerprint density at radius 3 is 2.60 bits per heavy atom.